The number of ether oxygens (including phenoxy) is 1. The summed E-state index contributed by atoms with van der Waals surface area (Å²) in [5.74, 6) is 1.02. The Kier molecular flexibility index (Phi) is 4.65. The largest absolute Gasteiger partial charge is 0.497 e. The smallest absolute Gasteiger partial charge is 0.180 e. The third-order valence-electron chi connectivity index (χ3n) is 4.39. The summed E-state index contributed by atoms with van der Waals surface area (Å²) in [6.45, 7) is 16.2. The van der Waals surface area contributed by atoms with E-state index in [0.29, 0.717) is 0 Å². The molecule has 1 nitrogen and oxygen atoms in total. The van der Waals surface area contributed by atoms with Gasteiger partial charge < -0.3 is 4.74 Å². The molecule has 0 spiro atoms. The van der Waals surface area contributed by atoms with E-state index in [-0.39, 0.29) is 5.04 Å². The number of hydrogen-bond acceptors (Lipinski definition) is 1. The lowest BCUT2D eigenvalue weighted by Gasteiger charge is -2.40. The fourth-order valence-electron chi connectivity index (χ4n) is 2.22. The predicted octanol–water partition coefficient (Wildman–Crippen LogP) is 4.06. The first-order chi connectivity index (χ1) is 8.43. The normalized spacial score (nSPS) is 13.5. The van der Waals surface area contributed by atoms with Crippen molar-refractivity contribution in [2.45, 2.75) is 52.0 Å². The molecule has 0 aliphatic rings. The van der Waals surface area contributed by atoms with Crippen LogP contribution in [0.4, 0.5) is 0 Å². The third-order valence-corrected chi connectivity index (χ3v) is 12.5. The third kappa shape index (κ3) is 3.26. The van der Waals surface area contributed by atoms with Gasteiger partial charge in [-0.05, 0) is 21.5 Å². The quantitative estimate of drug-likeness (QED) is 0.604. The summed E-state index contributed by atoms with van der Waals surface area (Å²) >= 11 is 6.75. The average Bonchev–Trinajstić information content (AvgIpc) is 2.25. The maximum Gasteiger partial charge on any atom is 0.180 e. The number of methoxy groups -OCH3 is 1. The van der Waals surface area contributed by atoms with Crippen molar-refractivity contribution in [3.05, 3.63) is 18.2 Å². The Hall–Kier alpha value is -0.256. The second-order valence-corrected chi connectivity index (χ2v) is 18.8. The number of hydrogen-bond donors (Lipinski definition) is 0. The van der Waals surface area contributed by atoms with Crippen LogP contribution in [-0.2, 0) is 0 Å². The van der Waals surface area contributed by atoms with Crippen molar-refractivity contribution >= 4 is 36.9 Å². The first kappa shape index (κ1) is 16.8. The molecule has 108 valence electrons. The van der Waals surface area contributed by atoms with Crippen molar-refractivity contribution in [1.29, 1.82) is 0 Å². The second-order valence-electron chi connectivity index (χ2n) is 7.23. The monoisotopic (exact) mass is 314 g/mol. The molecule has 0 atom stereocenters. The molecule has 0 fully saturated rings. The maximum absolute atomic E-state index is 6.75. The number of rotatable bonds is 3. The molecule has 0 radical (unpaired) electrons. The first-order valence-electron chi connectivity index (χ1n) is 6.80. The first-order valence-corrected chi connectivity index (χ1v) is 13.8. The molecule has 0 amide bonds. The molecule has 0 N–H and O–H groups in total. The average molecular weight is 315 g/mol. The Balaban J connectivity index is 3.65. The molecular formula is C15H27ClOSi2. The summed E-state index contributed by atoms with van der Waals surface area (Å²) in [5, 5.41) is 3.03. The van der Waals surface area contributed by atoms with Crippen LogP contribution < -0.4 is 15.1 Å². The van der Waals surface area contributed by atoms with Gasteiger partial charge in [0.1, 0.15) is 5.75 Å². The molecule has 4 heteroatoms. The van der Waals surface area contributed by atoms with Crippen molar-refractivity contribution < 1.29 is 4.74 Å². The zero-order chi connectivity index (χ0) is 15.1. The summed E-state index contributed by atoms with van der Waals surface area (Å²) in [7, 11) is -1.80. The van der Waals surface area contributed by atoms with Gasteiger partial charge in [0.25, 0.3) is 0 Å². The van der Waals surface area contributed by atoms with Gasteiger partial charge >= 0.3 is 0 Å². The standard InChI is InChI=1S/C15H27ClOSi2/c1-15(2,3)18(5,6)14-12(17-4)10-9-11-13(14)19(7,8)16/h9-11H,1-8H3. The minimum absolute atomic E-state index is 0.271. The van der Waals surface area contributed by atoms with Crippen LogP contribution in [0, 0.1) is 0 Å². The lowest BCUT2D eigenvalue weighted by Crippen LogP contribution is -2.60. The molecule has 0 heterocycles. The van der Waals surface area contributed by atoms with E-state index < -0.39 is 15.5 Å². The molecule has 0 saturated heterocycles. The van der Waals surface area contributed by atoms with Crippen LogP contribution in [0.5, 0.6) is 5.75 Å². The highest BCUT2D eigenvalue weighted by Gasteiger charge is 2.42. The Morgan fingerprint density at radius 2 is 1.58 bits per heavy atom. The van der Waals surface area contributed by atoms with Gasteiger partial charge in [0.15, 0.2) is 7.38 Å². The van der Waals surface area contributed by atoms with Crippen LogP contribution in [0.25, 0.3) is 0 Å². The van der Waals surface area contributed by atoms with E-state index in [0.717, 1.165) is 5.75 Å². The molecule has 0 aliphatic carbocycles. The van der Waals surface area contributed by atoms with Crippen LogP contribution in [0.3, 0.4) is 0 Å². The highest BCUT2D eigenvalue weighted by molar-refractivity contribution is 7.27. The highest BCUT2D eigenvalue weighted by atomic mass is 35.6. The van der Waals surface area contributed by atoms with Gasteiger partial charge in [-0.25, -0.2) is 0 Å². The molecule has 0 aromatic heterocycles. The summed E-state index contributed by atoms with van der Waals surface area (Å²) < 4.78 is 5.66. The van der Waals surface area contributed by atoms with Crippen molar-refractivity contribution in [3.63, 3.8) is 0 Å². The van der Waals surface area contributed by atoms with E-state index in [1.165, 1.54) is 10.4 Å². The van der Waals surface area contributed by atoms with E-state index in [9.17, 15) is 0 Å². The minimum Gasteiger partial charge on any atom is -0.497 e. The van der Waals surface area contributed by atoms with E-state index in [2.05, 4.69) is 65.2 Å². The molecule has 0 unspecified atom stereocenters. The molecule has 1 aromatic carbocycles. The zero-order valence-electron chi connectivity index (χ0n) is 13.5. The van der Waals surface area contributed by atoms with Crippen LogP contribution in [0.2, 0.25) is 31.2 Å². The Morgan fingerprint density at radius 1 is 1.05 bits per heavy atom. The SMILES string of the molecule is COc1cccc([Si](C)(C)Cl)c1[Si](C)(C)C(C)(C)C. The van der Waals surface area contributed by atoms with Crippen LogP contribution >= 0.6 is 11.1 Å². The van der Waals surface area contributed by atoms with Crippen molar-refractivity contribution in [2.75, 3.05) is 7.11 Å². The lowest BCUT2D eigenvalue weighted by molar-refractivity contribution is 0.418. The Morgan fingerprint density at radius 3 is 1.95 bits per heavy atom. The van der Waals surface area contributed by atoms with Crippen molar-refractivity contribution in [2.24, 2.45) is 0 Å². The number of halogens is 1. The van der Waals surface area contributed by atoms with Crippen molar-refractivity contribution in [3.8, 4) is 5.75 Å². The molecule has 1 rings (SSSR count). The van der Waals surface area contributed by atoms with E-state index >= 15 is 0 Å². The second kappa shape index (κ2) is 5.26. The van der Waals surface area contributed by atoms with Gasteiger partial charge in [-0.15, -0.1) is 0 Å². The Bertz CT molecular complexity index is 456. The molecule has 0 bridgehead atoms. The fraction of sp³-hybridized carbons (Fsp3) is 0.600. The molecule has 0 aliphatic heterocycles. The Labute approximate surface area is 125 Å². The van der Waals surface area contributed by atoms with Gasteiger partial charge in [0, 0.05) is 0 Å². The van der Waals surface area contributed by atoms with Gasteiger partial charge in [-0.2, -0.15) is 11.1 Å². The van der Waals surface area contributed by atoms with Gasteiger partial charge in [0.05, 0.1) is 15.2 Å². The van der Waals surface area contributed by atoms with E-state index in [1.54, 1.807) is 7.11 Å². The zero-order valence-corrected chi connectivity index (χ0v) is 16.3. The number of benzene rings is 1. The predicted molar refractivity (Wildman–Crippen MR) is 92.8 cm³/mol. The van der Waals surface area contributed by atoms with E-state index in [4.69, 9.17) is 15.8 Å². The van der Waals surface area contributed by atoms with Crippen LogP contribution in [-0.4, -0.2) is 22.6 Å². The molecule has 19 heavy (non-hydrogen) atoms. The van der Waals surface area contributed by atoms with Crippen molar-refractivity contribution in [1.82, 2.24) is 0 Å². The molecular weight excluding hydrogens is 288 g/mol. The minimum atomic E-state index is -1.89. The summed E-state index contributed by atoms with van der Waals surface area (Å²) in [6.07, 6.45) is 0. The highest BCUT2D eigenvalue weighted by Crippen LogP contribution is 2.37. The molecule has 1 aromatic rings. The maximum atomic E-state index is 6.75. The van der Waals surface area contributed by atoms with E-state index in [1.807, 2.05) is 0 Å². The van der Waals surface area contributed by atoms with Gasteiger partial charge in [-0.1, -0.05) is 59.1 Å². The lowest BCUT2D eigenvalue weighted by atomic mass is 10.2. The summed E-state index contributed by atoms with van der Waals surface area (Å²) in [4.78, 5) is 0. The fourth-order valence-corrected chi connectivity index (χ4v) is 8.32. The van der Waals surface area contributed by atoms with Crippen LogP contribution in [0.15, 0.2) is 18.2 Å². The van der Waals surface area contributed by atoms with Gasteiger partial charge in [-0.3, -0.25) is 0 Å². The van der Waals surface area contributed by atoms with Gasteiger partial charge in [0.2, 0.25) is 0 Å². The molecule has 0 saturated carbocycles. The summed E-state index contributed by atoms with van der Waals surface area (Å²) in [5.41, 5.74) is 0. The summed E-state index contributed by atoms with van der Waals surface area (Å²) in [6, 6.07) is 6.36. The van der Waals surface area contributed by atoms with Crippen LogP contribution in [0.1, 0.15) is 20.8 Å². The topological polar surface area (TPSA) is 9.23 Å².